The van der Waals surface area contributed by atoms with Crippen LogP contribution in [0.5, 0.6) is 0 Å². The van der Waals surface area contributed by atoms with E-state index in [9.17, 15) is 53.1 Å². The average molecular weight is 2100 g/mol. The number of carbonyl (C=O) groups is 10. The van der Waals surface area contributed by atoms with Crippen LogP contribution < -0.4 is 72.0 Å². The van der Waals surface area contributed by atoms with Crippen molar-refractivity contribution in [3.05, 3.63) is 223 Å². The van der Waals surface area contributed by atoms with Gasteiger partial charge in [-0.2, -0.15) is 30.8 Å². The number of rotatable bonds is 30. The smallest absolute Gasteiger partial charge is 0.870 e. The molecule has 0 bridgehead atoms. The number of aliphatic carboxylic acids is 2. The van der Waals surface area contributed by atoms with E-state index in [1.165, 1.54) is 49.4 Å². The molecule has 147 heavy (non-hydrogen) atoms. The van der Waals surface area contributed by atoms with Crippen molar-refractivity contribution in [2.24, 2.45) is 35.1 Å². The molecule has 12 aromatic rings. The van der Waals surface area contributed by atoms with Gasteiger partial charge in [-0.1, -0.05) is 190 Å². The van der Waals surface area contributed by atoms with Gasteiger partial charge in [0.25, 0.3) is 0 Å². The van der Waals surface area contributed by atoms with Crippen LogP contribution in [0.25, 0.3) is 40.3 Å². The Morgan fingerprint density at radius 3 is 1.27 bits per heavy atom. The minimum absolute atomic E-state index is 0. The summed E-state index contributed by atoms with van der Waals surface area (Å²) in [7, 11) is 2.70. The number of nitrogens with zero attached hydrogens (tertiary/aromatic N) is 6. The number of H-pyrrole nitrogens is 2. The third-order valence-electron chi connectivity index (χ3n) is 26.0. The zero-order valence-electron chi connectivity index (χ0n) is 85.2. The number of fused-ring (bicyclic) bond motifs is 4. The zero-order valence-corrected chi connectivity index (χ0v) is 89.3. The fraction of sp³-hybridized carbons (Fsp3) is 0.413. The van der Waals surface area contributed by atoms with Crippen LogP contribution in [0.15, 0.2) is 167 Å². The van der Waals surface area contributed by atoms with Crippen molar-refractivity contribution in [3.63, 3.8) is 0 Å². The molecule has 0 saturated carbocycles. The van der Waals surface area contributed by atoms with Crippen molar-refractivity contribution in [1.82, 2.24) is 62.7 Å². The minimum atomic E-state index is -0.979. The number of benzene rings is 6. The molecule has 778 valence electrons. The second kappa shape index (κ2) is 61.7. The van der Waals surface area contributed by atoms with Gasteiger partial charge in [-0.15, -0.1) is 70.6 Å². The standard InChI is InChI=1S/C32H37N7O3S.C17H21NO3S.C16H20N6O.C16H19NO3S.C10H8O2S.C7H15NO2.C6H2.C5H10O.ClH.Li.H2O/c1-3-19(2)29(36-28(40)14-22-18-43-27-10-5-4-9-25(22)27)32(42)35-23-12-11-20-7-6-8-21-13-26(39(17-23)30(20)21)31(41)33-15-24-16-34-38-37-24;1-4-11(2)16(17(20)21-3)18-15(19)9-12-10-22-14-8-6-5-7-13(12)14;17-12-5-4-10-2-1-3-11-6-14(22(9-12)15(10)11)16(23)18-7-13-8-19-21-20-13;1-3-10(2)15(16(19)20)17-14(18)8-11-9-21-13-7-5-4-6-12(11)13;11-10(12)5-7-6-13-9-4-2-1-3-8(7)9;1-4-5(2)6(8)7(9)10-3;1-3-5-6-4-2;1-5-3-2-4-6-5;;;/h4-10,16,18-19,23,26,29H,3,11-15,17H2,1-2H3,(H,33,41)(H,35,42)(H,36,40)(H,34,37,38);5-8,10-11,16H,4,9H2,1-3H3,(H,18,19);1-3,8,12,14H,4-7,9,17H2,(H,18,23)(H,19,20,21);4-7,9-10,15H,3,8H2,1-2H3,(H,17,18)(H,19,20);1-4,6H,5H2,(H,11,12);5-6H,4,8H2,1-3H3;1-2H;5H,2-4H2,1H3;1H;;1H2/q;;;;;;;;;+1;/p-1/t19-,23-,26-,29-;11-,16-;12-,14-;10-,15-;;5-,6-;;;;;/m0000.0...../s1. The zero-order chi connectivity index (χ0) is 104. The van der Waals surface area contributed by atoms with Crippen molar-refractivity contribution >= 4 is 169 Å². The van der Waals surface area contributed by atoms with E-state index < -0.39 is 42.1 Å². The van der Waals surface area contributed by atoms with Gasteiger partial charge < -0.3 is 83.1 Å². The van der Waals surface area contributed by atoms with Gasteiger partial charge in [-0.05, 0) is 205 Å². The Bertz CT molecular complexity index is 6430. The van der Waals surface area contributed by atoms with E-state index in [2.05, 4.69) is 144 Å². The summed E-state index contributed by atoms with van der Waals surface area (Å²) >= 11 is 6.44. The van der Waals surface area contributed by atoms with Crippen LogP contribution in [0.3, 0.4) is 0 Å². The quantitative estimate of drug-likeness (QED) is 0.0113. The molecule has 1 unspecified atom stereocenters. The number of hydrogen-bond donors (Lipinski definition) is 12. The van der Waals surface area contributed by atoms with Gasteiger partial charge in [0.1, 0.15) is 47.6 Å². The summed E-state index contributed by atoms with van der Waals surface area (Å²) in [6.07, 6.45) is 24.5. The number of esters is 2. The molecular weight excluding hydrogens is 1960 g/mol. The Hall–Kier alpha value is -12.9. The number of nitrogens with two attached hydrogens (primary N) is 2. The van der Waals surface area contributed by atoms with Crippen LogP contribution in [0.1, 0.15) is 170 Å². The van der Waals surface area contributed by atoms with E-state index in [1.54, 1.807) is 57.7 Å². The topological polar surface area (TPSA) is 483 Å². The third-order valence-corrected chi connectivity index (χ3v) is 30.1. The summed E-state index contributed by atoms with van der Waals surface area (Å²) in [5, 5.41) is 68.4. The van der Waals surface area contributed by atoms with Crippen LogP contribution in [-0.2, 0) is 127 Å². The summed E-state index contributed by atoms with van der Waals surface area (Å²) in [4.78, 5) is 126. The molecule has 13 atom stereocenters. The van der Waals surface area contributed by atoms with E-state index in [-0.39, 0.29) is 152 Å². The number of amides is 6. The van der Waals surface area contributed by atoms with Crippen molar-refractivity contribution in [2.75, 3.05) is 43.7 Å². The summed E-state index contributed by atoms with van der Waals surface area (Å²) in [6, 6.07) is 41.2. The van der Waals surface area contributed by atoms with Gasteiger partial charge in [-0.3, -0.25) is 38.4 Å². The van der Waals surface area contributed by atoms with E-state index in [0.717, 1.165) is 144 Å². The van der Waals surface area contributed by atoms with Gasteiger partial charge in [0.15, 0.2) is 0 Å². The number of hydrogen-bond acceptors (Lipinski definition) is 26. The molecule has 0 spiro atoms. The predicted octanol–water partition coefficient (Wildman–Crippen LogP) is 11.4. The summed E-state index contributed by atoms with van der Waals surface area (Å²) in [5.74, 6) is 5.44. The number of aromatic amines is 2. The molecule has 6 aromatic carbocycles. The Labute approximate surface area is 893 Å². The van der Waals surface area contributed by atoms with Gasteiger partial charge in [0, 0.05) is 74.8 Å². The maximum Gasteiger partial charge on any atom is 1.00 e. The molecule has 1 fully saturated rings. The fourth-order valence-electron chi connectivity index (χ4n) is 17.2. The van der Waals surface area contributed by atoms with Crippen LogP contribution in [0.2, 0.25) is 0 Å². The van der Waals surface area contributed by atoms with E-state index >= 15 is 0 Å². The molecule has 6 aromatic heterocycles. The number of terminal acetylenes is 2. The van der Waals surface area contributed by atoms with Crippen LogP contribution in [0, 0.1) is 60.2 Å². The number of ether oxygens (including phenoxy) is 3. The Balaban J connectivity index is 0.000000244. The number of aryl methyl sites for hydroxylation is 2. The molecule has 11 heterocycles. The first-order valence-electron chi connectivity index (χ1n) is 48.6. The summed E-state index contributed by atoms with van der Waals surface area (Å²) in [6.45, 7) is 20.6. The summed E-state index contributed by atoms with van der Waals surface area (Å²) < 4.78 is 19.0. The second-order valence-corrected chi connectivity index (χ2v) is 39.7. The number of para-hydroxylation sites is 2. The fourth-order valence-corrected chi connectivity index (χ4v) is 21.1. The SMILES string of the molecule is C#CC#CC#C.CC1CCCO1.CC[C@H](C)[C@H](N)C(=O)OC.CC[C@H](C)[C@H](NC(=O)Cc1csc2ccccc12)C(=O)N[C@H]1CCc2cccc3c2N(C1)[C@H](C(=O)NCc1cn[nH]n1)C3.CC[C@H](C)[C@H](NC(=O)Cc1csc2ccccc12)C(=O)O.CC[C@H](C)[C@H](NC(=O)Cc1csc2ccccc12)C(=O)OC.Cl.N[C@H]1CCc2cccc3c2N(C1)[C@H](C(=O)NCc1cn[nH]n1)C3.O=C(O)Cc1csc2ccccc12.[Li+].[OH-]. The maximum absolute atomic E-state index is 13.8. The molecule has 1 saturated heterocycles. The minimum Gasteiger partial charge on any atom is -0.870 e. The van der Waals surface area contributed by atoms with Crippen LogP contribution in [-0.4, -0.2) is 194 Å². The number of carbonyl (C=O) groups excluding carboxylic acids is 8. The van der Waals surface area contributed by atoms with Gasteiger partial charge in [0.2, 0.25) is 35.4 Å². The maximum atomic E-state index is 13.8. The first kappa shape index (κ1) is 121. The van der Waals surface area contributed by atoms with Crippen LogP contribution in [0.4, 0.5) is 11.4 Å². The van der Waals surface area contributed by atoms with E-state index in [4.69, 9.17) is 38.9 Å². The van der Waals surface area contributed by atoms with Gasteiger partial charge in [0.05, 0.1) is 71.5 Å². The van der Waals surface area contributed by atoms with Gasteiger partial charge in [-0.25, -0.2) is 9.59 Å². The number of aromatic nitrogens is 6. The molecule has 5 aliphatic heterocycles. The molecule has 17 rings (SSSR count). The number of carboxylic acids is 2. The monoisotopic (exact) mass is 2090 g/mol. The van der Waals surface area contributed by atoms with Gasteiger partial charge >= 0.3 is 42.7 Å². The molecule has 0 radical (unpaired) electrons. The Morgan fingerprint density at radius 2 is 0.898 bits per heavy atom. The Kier molecular flexibility index (Phi) is 50.8. The Morgan fingerprint density at radius 1 is 0.517 bits per heavy atom. The number of methoxy groups -OCH3 is 2. The van der Waals surface area contributed by atoms with Crippen molar-refractivity contribution in [1.29, 1.82) is 0 Å². The van der Waals surface area contributed by atoms with E-state index in [0.29, 0.717) is 44.3 Å². The molecular formula is C109H134ClLiN16O16S4. The molecule has 0 aliphatic carbocycles. The second-order valence-electron chi connectivity index (χ2n) is 36.1. The number of thiophene rings is 4. The first-order valence-corrected chi connectivity index (χ1v) is 52.1. The number of nitrogens with one attached hydrogen (secondary N) is 8. The molecule has 38 heteroatoms. The third kappa shape index (κ3) is 35.2. The molecule has 15 N–H and O–H groups in total. The predicted molar refractivity (Wildman–Crippen MR) is 578 cm³/mol. The van der Waals surface area contributed by atoms with Crippen molar-refractivity contribution in [2.45, 2.75) is 233 Å². The summed E-state index contributed by atoms with van der Waals surface area (Å²) in [5.41, 5.74) is 24.2. The largest absolute Gasteiger partial charge is 1.00 e. The van der Waals surface area contributed by atoms with Crippen molar-refractivity contribution < 1.29 is 96.7 Å². The average Bonchev–Trinajstić information content (AvgIpc) is 1.61. The molecule has 6 amide bonds. The molecule has 32 nitrogen and oxygen atoms in total. The number of anilines is 2. The van der Waals surface area contributed by atoms with E-state index in [1.807, 2.05) is 174 Å². The number of carboxylic acid groups (broad SMARTS) is 2. The van der Waals surface area contributed by atoms with Crippen molar-refractivity contribution in [3.8, 4) is 36.5 Å². The van der Waals surface area contributed by atoms with Crippen LogP contribution >= 0.6 is 57.8 Å². The first-order chi connectivity index (χ1) is 69.4. The normalized spacial score (nSPS) is 16.6. The number of halogens is 1. The molecule has 5 aliphatic rings.